The van der Waals surface area contributed by atoms with E-state index >= 15 is 0 Å². The molecule has 0 saturated carbocycles. The highest BCUT2D eigenvalue weighted by Gasteiger charge is 2.12. The van der Waals surface area contributed by atoms with Crippen molar-refractivity contribution in [1.82, 2.24) is 0 Å². The lowest BCUT2D eigenvalue weighted by molar-refractivity contribution is 0.625. The lowest BCUT2D eigenvalue weighted by Gasteiger charge is -2.20. The molecule has 2 aromatic carbocycles. The van der Waals surface area contributed by atoms with E-state index in [0.717, 1.165) is 17.5 Å². The zero-order chi connectivity index (χ0) is 13.9. The third kappa shape index (κ3) is 2.69. The van der Waals surface area contributed by atoms with Crippen LogP contribution in [0.5, 0.6) is 0 Å². The summed E-state index contributed by atoms with van der Waals surface area (Å²) in [6.07, 6.45) is 4.90. The Morgan fingerprint density at radius 3 is 2.85 bits per heavy atom. The molecule has 0 aromatic heterocycles. The summed E-state index contributed by atoms with van der Waals surface area (Å²) in [7, 11) is 0. The van der Waals surface area contributed by atoms with E-state index in [9.17, 15) is 4.39 Å². The Labute approximate surface area is 119 Å². The number of benzene rings is 2. The molecule has 0 bridgehead atoms. The summed E-state index contributed by atoms with van der Waals surface area (Å²) < 4.78 is 13.3. The van der Waals surface area contributed by atoms with Crippen molar-refractivity contribution in [3.05, 3.63) is 64.5 Å². The quantitative estimate of drug-likeness (QED) is 0.857. The van der Waals surface area contributed by atoms with Gasteiger partial charge in [-0.1, -0.05) is 18.2 Å². The van der Waals surface area contributed by atoms with Crippen molar-refractivity contribution in [2.75, 3.05) is 5.32 Å². The normalized spacial score (nSPS) is 13.9. The van der Waals surface area contributed by atoms with Crippen LogP contribution in [0.3, 0.4) is 0 Å². The highest BCUT2D eigenvalue weighted by atomic mass is 19.1. The van der Waals surface area contributed by atoms with Crippen LogP contribution in [0.25, 0.3) is 0 Å². The molecule has 104 valence electrons. The molecular weight excluding hydrogens is 249 g/mol. The van der Waals surface area contributed by atoms with Crippen LogP contribution < -0.4 is 5.32 Å². The summed E-state index contributed by atoms with van der Waals surface area (Å²) in [6, 6.07) is 11.5. The average molecular weight is 269 g/mol. The van der Waals surface area contributed by atoms with Crippen LogP contribution in [-0.4, -0.2) is 0 Å². The minimum absolute atomic E-state index is 0.164. The van der Waals surface area contributed by atoms with Gasteiger partial charge in [-0.05, 0) is 73.1 Å². The third-order valence-corrected chi connectivity index (χ3v) is 4.18. The Balaban J connectivity index is 1.80. The van der Waals surface area contributed by atoms with Gasteiger partial charge in [0.2, 0.25) is 0 Å². The zero-order valence-corrected chi connectivity index (χ0v) is 11.9. The second-order valence-electron chi connectivity index (χ2n) is 5.57. The first-order valence-electron chi connectivity index (χ1n) is 7.34. The Bertz CT molecular complexity index is 619. The lowest BCUT2D eigenvalue weighted by Crippen LogP contribution is -2.09. The number of nitrogens with one attached hydrogen (secondary N) is 1. The summed E-state index contributed by atoms with van der Waals surface area (Å²) in [5.74, 6) is -0.164. The summed E-state index contributed by atoms with van der Waals surface area (Å²) in [5, 5.41) is 3.49. The lowest BCUT2D eigenvalue weighted by atomic mass is 9.90. The van der Waals surface area contributed by atoms with Crippen molar-refractivity contribution in [2.45, 2.75) is 39.2 Å². The molecule has 1 aliphatic rings. The summed E-state index contributed by atoms with van der Waals surface area (Å²) in [5.41, 5.74) is 6.29. The maximum Gasteiger partial charge on any atom is 0.123 e. The topological polar surface area (TPSA) is 12.0 Å². The standard InChI is InChI=1S/C18H20FN/c1-13-9-10-16(19)11-15(13)12-20-18-8-4-6-14-5-2-3-7-17(14)18/h4,6,8-11,20H,2-3,5,7,12H2,1H3. The van der Waals surface area contributed by atoms with Crippen LogP contribution in [0.15, 0.2) is 36.4 Å². The number of hydrogen-bond acceptors (Lipinski definition) is 1. The Morgan fingerprint density at radius 2 is 1.95 bits per heavy atom. The van der Waals surface area contributed by atoms with E-state index < -0.39 is 0 Å². The molecule has 20 heavy (non-hydrogen) atoms. The van der Waals surface area contributed by atoms with Crippen LogP contribution in [0.1, 0.15) is 35.1 Å². The molecule has 0 fully saturated rings. The molecule has 0 atom stereocenters. The van der Waals surface area contributed by atoms with E-state index in [1.54, 1.807) is 6.07 Å². The number of rotatable bonds is 3. The second kappa shape index (κ2) is 5.66. The molecule has 2 heteroatoms. The minimum Gasteiger partial charge on any atom is -0.381 e. The van der Waals surface area contributed by atoms with Crippen LogP contribution >= 0.6 is 0 Å². The molecule has 2 aromatic rings. The monoisotopic (exact) mass is 269 g/mol. The fourth-order valence-corrected chi connectivity index (χ4v) is 2.97. The molecule has 0 unspecified atom stereocenters. The molecule has 0 amide bonds. The molecule has 1 nitrogen and oxygen atoms in total. The van der Waals surface area contributed by atoms with Crippen LogP contribution in [0.4, 0.5) is 10.1 Å². The fraction of sp³-hybridized carbons (Fsp3) is 0.333. The number of fused-ring (bicyclic) bond motifs is 1. The Hall–Kier alpha value is -1.83. The van der Waals surface area contributed by atoms with E-state index in [0.29, 0.717) is 6.54 Å². The van der Waals surface area contributed by atoms with E-state index in [-0.39, 0.29) is 5.82 Å². The molecule has 1 aliphatic carbocycles. The van der Waals surface area contributed by atoms with Gasteiger partial charge in [-0.15, -0.1) is 0 Å². The number of aryl methyl sites for hydroxylation is 2. The maximum atomic E-state index is 13.3. The largest absolute Gasteiger partial charge is 0.381 e. The first-order chi connectivity index (χ1) is 9.74. The van der Waals surface area contributed by atoms with Gasteiger partial charge in [0, 0.05) is 12.2 Å². The predicted molar refractivity (Wildman–Crippen MR) is 81.5 cm³/mol. The molecule has 0 spiro atoms. The summed E-state index contributed by atoms with van der Waals surface area (Å²) >= 11 is 0. The van der Waals surface area contributed by atoms with Gasteiger partial charge >= 0.3 is 0 Å². The molecule has 0 aliphatic heterocycles. The molecule has 3 rings (SSSR count). The van der Waals surface area contributed by atoms with Gasteiger partial charge in [0.05, 0.1) is 0 Å². The van der Waals surface area contributed by atoms with Crippen molar-refractivity contribution < 1.29 is 4.39 Å². The first kappa shape index (κ1) is 13.2. The average Bonchev–Trinajstić information content (AvgIpc) is 2.48. The van der Waals surface area contributed by atoms with E-state index in [1.807, 2.05) is 13.0 Å². The van der Waals surface area contributed by atoms with Gasteiger partial charge < -0.3 is 5.32 Å². The first-order valence-corrected chi connectivity index (χ1v) is 7.34. The molecule has 0 heterocycles. The number of halogens is 1. The third-order valence-electron chi connectivity index (χ3n) is 4.18. The van der Waals surface area contributed by atoms with Crippen LogP contribution in [0, 0.1) is 12.7 Å². The van der Waals surface area contributed by atoms with Crippen molar-refractivity contribution in [3.63, 3.8) is 0 Å². The zero-order valence-electron chi connectivity index (χ0n) is 11.9. The van der Waals surface area contributed by atoms with Crippen LogP contribution in [0.2, 0.25) is 0 Å². The fourth-order valence-electron chi connectivity index (χ4n) is 2.97. The number of anilines is 1. The minimum atomic E-state index is -0.164. The SMILES string of the molecule is Cc1ccc(F)cc1CNc1cccc2c1CCCC2. The molecule has 1 N–H and O–H groups in total. The maximum absolute atomic E-state index is 13.3. The number of hydrogen-bond donors (Lipinski definition) is 1. The Kier molecular flexibility index (Phi) is 3.72. The molecular formula is C18H20FN. The van der Waals surface area contributed by atoms with Gasteiger partial charge in [-0.25, -0.2) is 4.39 Å². The van der Waals surface area contributed by atoms with Gasteiger partial charge in [0.25, 0.3) is 0 Å². The summed E-state index contributed by atoms with van der Waals surface area (Å²) in [6.45, 7) is 2.71. The molecule has 0 saturated heterocycles. The molecule has 0 radical (unpaired) electrons. The van der Waals surface area contributed by atoms with Crippen molar-refractivity contribution in [3.8, 4) is 0 Å². The smallest absolute Gasteiger partial charge is 0.123 e. The van der Waals surface area contributed by atoms with Crippen molar-refractivity contribution in [2.24, 2.45) is 0 Å². The highest BCUT2D eigenvalue weighted by molar-refractivity contribution is 5.56. The predicted octanol–water partition coefficient (Wildman–Crippen LogP) is 4.63. The highest BCUT2D eigenvalue weighted by Crippen LogP contribution is 2.28. The van der Waals surface area contributed by atoms with Gasteiger partial charge in [0.1, 0.15) is 5.82 Å². The van der Waals surface area contributed by atoms with Crippen molar-refractivity contribution in [1.29, 1.82) is 0 Å². The second-order valence-corrected chi connectivity index (χ2v) is 5.57. The summed E-state index contributed by atoms with van der Waals surface area (Å²) in [4.78, 5) is 0. The van der Waals surface area contributed by atoms with E-state index in [4.69, 9.17) is 0 Å². The Morgan fingerprint density at radius 1 is 1.10 bits per heavy atom. The van der Waals surface area contributed by atoms with Crippen molar-refractivity contribution >= 4 is 5.69 Å². The van der Waals surface area contributed by atoms with Crippen LogP contribution in [-0.2, 0) is 19.4 Å². The van der Waals surface area contributed by atoms with Gasteiger partial charge in [-0.2, -0.15) is 0 Å². The van der Waals surface area contributed by atoms with E-state index in [2.05, 4.69) is 23.5 Å². The van der Waals surface area contributed by atoms with E-state index in [1.165, 1.54) is 42.1 Å². The van der Waals surface area contributed by atoms with Gasteiger partial charge in [-0.3, -0.25) is 0 Å². The van der Waals surface area contributed by atoms with Gasteiger partial charge in [0.15, 0.2) is 0 Å².